The Morgan fingerprint density at radius 2 is 1.92 bits per heavy atom. The summed E-state index contributed by atoms with van der Waals surface area (Å²) in [5, 5.41) is 9.64. The summed E-state index contributed by atoms with van der Waals surface area (Å²) in [4.78, 5) is 12.1. The van der Waals surface area contributed by atoms with Crippen molar-refractivity contribution in [2.24, 2.45) is 0 Å². The summed E-state index contributed by atoms with van der Waals surface area (Å²) < 4.78 is 33.4. The van der Waals surface area contributed by atoms with Gasteiger partial charge in [0.1, 0.15) is 12.3 Å². The number of rotatable bonds is 5. The van der Waals surface area contributed by atoms with Crippen LogP contribution >= 0.6 is 0 Å². The lowest BCUT2D eigenvalue weighted by Crippen LogP contribution is -2.33. The number of benzene rings is 2. The zero-order valence-electron chi connectivity index (χ0n) is 13.8. The van der Waals surface area contributed by atoms with E-state index in [-0.39, 0.29) is 11.4 Å². The van der Waals surface area contributed by atoms with E-state index in [9.17, 15) is 13.2 Å². The molecule has 0 saturated carbocycles. The van der Waals surface area contributed by atoms with Crippen LogP contribution in [0.5, 0.6) is 5.75 Å². The molecule has 0 saturated heterocycles. The van der Waals surface area contributed by atoms with Gasteiger partial charge in [-0.3, -0.25) is 4.79 Å². The van der Waals surface area contributed by atoms with Crippen molar-refractivity contribution >= 4 is 26.8 Å². The van der Waals surface area contributed by atoms with Gasteiger partial charge >= 0.3 is 0 Å². The lowest BCUT2D eigenvalue weighted by Gasteiger charge is -2.09. The van der Waals surface area contributed by atoms with Crippen LogP contribution < -0.4 is 9.46 Å². The van der Waals surface area contributed by atoms with Gasteiger partial charge in [0.25, 0.3) is 15.9 Å². The Morgan fingerprint density at radius 1 is 1.19 bits per heavy atom. The van der Waals surface area contributed by atoms with Crippen molar-refractivity contribution in [3.05, 3.63) is 60.3 Å². The molecule has 8 heteroatoms. The second kappa shape index (κ2) is 6.90. The fourth-order valence-electron chi connectivity index (χ4n) is 2.55. The molecule has 0 radical (unpaired) electrons. The molecular weight excluding hydrogens is 354 g/mol. The van der Waals surface area contributed by atoms with Gasteiger partial charge in [-0.1, -0.05) is 0 Å². The van der Waals surface area contributed by atoms with Crippen molar-refractivity contribution in [1.82, 2.24) is 9.29 Å². The molecule has 1 aromatic heterocycles. The highest BCUT2D eigenvalue weighted by Crippen LogP contribution is 2.21. The van der Waals surface area contributed by atoms with Gasteiger partial charge in [0.2, 0.25) is 0 Å². The Hall–Kier alpha value is -3.31. The van der Waals surface area contributed by atoms with Crippen molar-refractivity contribution in [1.29, 1.82) is 5.26 Å². The second-order valence-corrected chi connectivity index (χ2v) is 7.22. The molecule has 0 bridgehead atoms. The normalized spacial score (nSPS) is 11.1. The van der Waals surface area contributed by atoms with E-state index in [1.807, 2.05) is 22.9 Å². The first-order chi connectivity index (χ1) is 12.4. The fraction of sp³-hybridized carbons (Fsp3) is 0.111. The van der Waals surface area contributed by atoms with Gasteiger partial charge in [-0.05, 0) is 48.5 Å². The van der Waals surface area contributed by atoms with Crippen molar-refractivity contribution in [2.75, 3.05) is 7.11 Å². The molecule has 26 heavy (non-hydrogen) atoms. The molecule has 2 aromatic carbocycles. The minimum atomic E-state index is -3.99. The molecule has 3 aromatic rings. The molecule has 3 rings (SSSR count). The van der Waals surface area contributed by atoms with Gasteiger partial charge in [0.15, 0.2) is 0 Å². The summed E-state index contributed by atoms with van der Waals surface area (Å²) in [6.07, 6.45) is 1.71. The van der Waals surface area contributed by atoms with Crippen LogP contribution in [0.2, 0.25) is 0 Å². The molecule has 1 N–H and O–H groups in total. The van der Waals surface area contributed by atoms with Gasteiger partial charge in [0.05, 0.1) is 23.6 Å². The summed E-state index contributed by atoms with van der Waals surface area (Å²) in [5.74, 6) is 0.0331. The molecule has 0 atom stereocenters. The van der Waals surface area contributed by atoms with Crippen LogP contribution in [0.3, 0.4) is 0 Å². The number of nitriles is 1. The van der Waals surface area contributed by atoms with Crippen molar-refractivity contribution in [3.63, 3.8) is 0 Å². The number of nitrogens with one attached hydrogen (secondary N) is 1. The van der Waals surface area contributed by atoms with Crippen LogP contribution in [-0.4, -0.2) is 26.0 Å². The summed E-state index contributed by atoms with van der Waals surface area (Å²) in [6.45, 7) is -0.147. The molecule has 1 heterocycles. The van der Waals surface area contributed by atoms with E-state index in [0.717, 1.165) is 10.9 Å². The number of nitrogens with zero attached hydrogens (tertiary/aromatic N) is 2. The summed E-state index contributed by atoms with van der Waals surface area (Å²) in [6, 6.07) is 14.5. The number of methoxy groups -OCH3 is 1. The molecule has 0 fully saturated rings. The highest BCUT2D eigenvalue weighted by molar-refractivity contribution is 7.90. The highest BCUT2D eigenvalue weighted by Gasteiger charge is 2.18. The van der Waals surface area contributed by atoms with E-state index >= 15 is 0 Å². The minimum Gasteiger partial charge on any atom is -0.497 e. The van der Waals surface area contributed by atoms with E-state index in [0.29, 0.717) is 11.3 Å². The van der Waals surface area contributed by atoms with Crippen LogP contribution in [0.1, 0.15) is 5.56 Å². The summed E-state index contributed by atoms with van der Waals surface area (Å²) in [7, 11) is -2.42. The van der Waals surface area contributed by atoms with Crippen molar-refractivity contribution in [3.8, 4) is 11.8 Å². The number of fused-ring (bicyclic) bond motifs is 1. The monoisotopic (exact) mass is 369 g/mol. The minimum absolute atomic E-state index is 0.0769. The number of carbonyl (C=O) groups is 1. The third-order valence-corrected chi connectivity index (χ3v) is 5.22. The van der Waals surface area contributed by atoms with Gasteiger partial charge in [-0.2, -0.15) is 5.26 Å². The maximum atomic E-state index is 12.3. The lowest BCUT2D eigenvalue weighted by atomic mass is 10.2. The third-order valence-electron chi connectivity index (χ3n) is 3.83. The van der Waals surface area contributed by atoms with Gasteiger partial charge in [-0.25, -0.2) is 13.1 Å². The number of hydrogen-bond donors (Lipinski definition) is 1. The molecule has 7 nitrogen and oxygen atoms in total. The van der Waals surface area contributed by atoms with Crippen LogP contribution in [-0.2, 0) is 21.4 Å². The Balaban J connectivity index is 1.77. The second-order valence-electron chi connectivity index (χ2n) is 5.53. The van der Waals surface area contributed by atoms with E-state index in [4.69, 9.17) is 10.00 Å². The van der Waals surface area contributed by atoms with E-state index < -0.39 is 15.9 Å². The number of aromatic nitrogens is 1. The first-order valence-electron chi connectivity index (χ1n) is 7.61. The number of sulfonamides is 1. The topological polar surface area (TPSA) is 101 Å². The van der Waals surface area contributed by atoms with E-state index in [1.165, 1.54) is 24.3 Å². The predicted octanol–water partition coefficient (Wildman–Crippen LogP) is 2.03. The Morgan fingerprint density at radius 3 is 2.58 bits per heavy atom. The maximum Gasteiger partial charge on any atom is 0.264 e. The summed E-state index contributed by atoms with van der Waals surface area (Å²) >= 11 is 0. The molecule has 0 unspecified atom stereocenters. The van der Waals surface area contributed by atoms with Gasteiger partial charge in [-0.15, -0.1) is 0 Å². The first-order valence-corrected chi connectivity index (χ1v) is 9.10. The maximum absolute atomic E-state index is 12.3. The van der Waals surface area contributed by atoms with Crippen molar-refractivity contribution < 1.29 is 17.9 Å². The number of carbonyl (C=O) groups excluding carboxylic acids is 1. The standard InChI is InChI=1S/C18H15N3O4S/c1-25-15-4-7-17-14(10-15)8-9-21(17)12-18(22)20-26(23,24)16-5-2-13(11-19)3-6-16/h2-10H,12H2,1H3,(H,20,22). The molecule has 0 aliphatic heterocycles. The molecule has 132 valence electrons. The summed E-state index contributed by atoms with van der Waals surface area (Å²) in [5.41, 5.74) is 1.13. The largest absolute Gasteiger partial charge is 0.497 e. The number of ether oxygens (including phenoxy) is 1. The highest BCUT2D eigenvalue weighted by atomic mass is 32.2. The van der Waals surface area contributed by atoms with Crippen LogP contribution in [0.15, 0.2) is 59.6 Å². The molecular formula is C18H15N3O4S. The fourth-order valence-corrected chi connectivity index (χ4v) is 3.52. The molecule has 1 amide bonds. The quantitative estimate of drug-likeness (QED) is 0.741. The first kappa shape index (κ1) is 17.5. The lowest BCUT2D eigenvalue weighted by molar-refractivity contribution is -0.119. The smallest absolute Gasteiger partial charge is 0.264 e. The van der Waals surface area contributed by atoms with Crippen LogP contribution in [0.4, 0.5) is 0 Å². The van der Waals surface area contributed by atoms with Crippen molar-refractivity contribution in [2.45, 2.75) is 11.4 Å². The van der Waals surface area contributed by atoms with Crippen LogP contribution in [0, 0.1) is 11.3 Å². The average molecular weight is 369 g/mol. The Kier molecular flexibility index (Phi) is 4.65. The molecule has 0 aliphatic carbocycles. The molecule has 0 aliphatic rings. The number of hydrogen-bond acceptors (Lipinski definition) is 5. The van der Waals surface area contributed by atoms with E-state index in [1.54, 1.807) is 30.0 Å². The van der Waals surface area contributed by atoms with Crippen LogP contribution in [0.25, 0.3) is 10.9 Å². The molecule has 0 spiro atoms. The predicted molar refractivity (Wildman–Crippen MR) is 95.0 cm³/mol. The number of amides is 1. The zero-order valence-corrected chi connectivity index (χ0v) is 14.7. The zero-order chi connectivity index (χ0) is 18.7. The van der Waals surface area contributed by atoms with Gasteiger partial charge in [0, 0.05) is 17.1 Å². The SMILES string of the molecule is COc1ccc2c(ccn2CC(=O)NS(=O)(=O)c2ccc(C#N)cc2)c1. The van der Waals surface area contributed by atoms with Gasteiger partial charge < -0.3 is 9.30 Å². The average Bonchev–Trinajstić information content (AvgIpc) is 3.03. The Labute approximate surface area is 150 Å². The Bertz CT molecular complexity index is 1110. The third kappa shape index (κ3) is 3.53. The van der Waals surface area contributed by atoms with E-state index in [2.05, 4.69) is 0 Å².